The summed E-state index contributed by atoms with van der Waals surface area (Å²) in [6.45, 7) is 8.06. The van der Waals surface area contributed by atoms with Gasteiger partial charge in [-0.2, -0.15) is 0 Å². The molecule has 2 rings (SSSR count). The maximum atomic E-state index is 9.22. The molecule has 0 aromatic heterocycles. The van der Waals surface area contributed by atoms with E-state index in [1.807, 2.05) is 0 Å². The molecule has 5 heteroatoms. The van der Waals surface area contributed by atoms with Crippen LogP contribution in [0.4, 0.5) is 5.69 Å². The number of benzene rings is 1. The predicted octanol–water partition coefficient (Wildman–Crippen LogP) is 2.92. The first-order chi connectivity index (χ1) is 12.7. The number of rotatable bonds is 9. The number of hydrogen-bond acceptors (Lipinski definition) is 3. The molecule has 1 aromatic rings. The van der Waals surface area contributed by atoms with Crippen molar-refractivity contribution in [3.05, 3.63) is 29.3 Å². The third-order valence-electron chi connectivity index (χ3n) is 5.05. The summed E-state index contributed by atoms with van der Waals surface area (Å²) in [6, 6.07) is 6.74. The first kappa shape index (κ1) is 20.6. The molecule has 1 heterocycles. The van der Waals surface area contributed by atoms with E-state index in [0.29, 0.717) is 12.5 Å². The van der Waals surface area contributed by atoms with Crippen molar-refractivity contribution in [3.8, 4) is 0 Å². The number of fused-ring (bicyclic) bond motifs is 1. The molecule has 0 radical (unpaired) electrons. The van der Waals surface area contributed by atoms with E-state index in [0.717, 1.165) is 51.3 Å². The molecule has 0 aliphatic carbocycles. The number of aryl methyl sites for hydroxylation is 1. The molecule has 0 saturated carbocycles. The van der Waals surface area contributed by atoms with Gasteiger partial charge in [0.1, 0.15) is 0 Å². The van der Waals surface area contributed by atoms with Gasteiger partial charge < -0.3 is 20.6 Å². The summed E-state index contributed by atoms with van der Waals surface area (Å²) in [5.74, 6) is 1.36. The molecule has 1 aliphatic rings. The van der Waals surface area contributed by atoms with Crippen molar-refractivity contribution in [1.82, 2.24) is 10.6 Å². The second-order valence-corrected chi connectivity index (χ2v) is 7.23. The van der Waals surface area contributed by atoms with Crippen LogP contribution in [0.1, 0.15) is 50.7 Å². The lowest BCUT2D eigenvalue weighted by atomic mass is 10.00. The van der Waals surface area contributed by atoms with Crippen LogP contribution in [0.15, 0.2) is 23.2 Å². The number of nitrogens with one attached hydrogen (secondary N) is 2. The predicted molar refractivity (Wildman–Crippen MR) is 111 cm³/mol. The van der Waals surface area contributed by atoms with Crippen LogP contribution in [-0.4, -0.2) is 44.4 Å². The third kappa shape index (κ3) is 6.20. The first-order valence-corrected chi connectivity index (χ1v) is 10.1. The van der Waals surface area contributed by atoms with Crippen molar-refractivity contribution in [1.29, 1.82) is 0 Å². The Morgan fingerprint density at radius 1 is 1.27 bits per heavy atom. The molecule has 146 valence electrons. The summed E-state index contributed by atoms with van der Waals surface area (Å²) < 4.78 is 0. The zero-order valence-electron chi connectivity index (χ0n) is 16.7. The summed E-state index contributed by atoms with van der Waals surface area (Å²) in [4.78, 5) is 7.10. The highest BCUT2D eigenvalue weighted by atomic mass is 16.3. The second-order valence-electron chi connectivity index (χ2n) is 7.23. The molecule has 1 aliphatic heterocycles. The number of nitrogens with zero attached hydrogens (tertiary/aromatic N) is 2. The summed E-state index contributed by atoms with van der Waals surface area (Å²) in [5, 5.41) is 16.0. The maximum Gasteiger partial charge on any atom is 0.191 e. The molecule has 0 spiro atoms. The van der Waals surface area contributed by atoms with Gasteiger partial charge in [-0.25, -0.2) is 4.99 Å². The van der Waals surface area contributed by atoms with Gasteiger partial charge in [-0.05, 0) is 55.7 Å². The molecule has 26 heavy (non-hydrogen) atoms. The average molecular weight is 361 g/mol. The minimum Gasteiger partial charge on any atom is -0.396 e. The molecular formula is C21H36N4O. The Hall–Kier alpha value is -1.75. The molecule has 1 unspecified atom stereocenters. The maximum absolute atomic E-state index is 9.22. The van der Waals surface area contributed by atoms with E-state index < -0.39 is 0 Å². The lowest BCUT2D eigenvalue weighted by molar-refractivity contribution is 0.251. The van der Waals surface area contributed by atoms with Crippen LogP contribution in [0.2, 0.25) is 0 Å². The topological polar surface area (TPSA) is 59.9 Å². The van der Waals surface area contributed by atoms with Gasteiger partial charge in [0.2, 0.25) is 0 Å². The van der Waals surface area contributed by atoms with Crippen LogP contribution in [0.25, 0.3) is 0 Å². The summed E-state index contributed by atoms with van der Waals surface area (Å²) in [7, 11) is 2.17. The highest BCUT2D eigenvalue weighted by Crippen LogP contribution is 2.26. The van der Waals surface area contributed by atoms with E-state index in [1.54, 1.807) is 0 Å². The van der Waals surface area contributed by atoms with Crippen molar-refractivity contribution < 1.29 is 5.11 Å². The first-order valence-electron chi connectivity index (χ1n) is 10.1. The summed E-state index contributed by atoms with van der Waals surface area (Å²) in [5.41, 5.74) is 4.06. The Morgan fingerprint density at radius 3 is 2.85 bits per heavy atom. The summed E-state index contributed by atoms with van der Waals surface area (Å²) >= 11 is 0. The molecule has 5 nitrogen and oxygen atoms in total. The molecule has 0 fully saturated rings. The van der Waals surface area contributed by atoms with Crippen LogP contribution >= 0.6 is 0 Å². The fraction of sp³-hybridized carbons (Fsp3) is 0.667. The number of aliphatic hydroxyl groups excluding tert-OH is 1. The molecule has 3 N–H and O–H groups in total. The van der Waals surface area contributed by atoms with E-state index >= 15 is 0 Å². The number of anilines is 1. The zero-order chi connectivity index (χ0) is 18.8. The normalized spacial score (nSPS) is 15.5. The standard InChI is InChI=1S/C21H36N4O/c1-4-7-17(11-13-26)15-23-21(22-5-2)24-16-18-9-10-20-19(14-18)8-6-12-25(20)3/h9-10,14,17,26H,4-8,11-13,15-16H2,1-3H3,(H2,22,23,24). The molecule has 1 aromatic carbocycles. The Bertz CT molecular complexity index is 567. The van der Waals surface area contributed by atoms with E-state index in [1.165, 1.54) is 23.2 Å². The van der Waals surface area contributed by atoms with Crippen molar-refractivity contribution in [2.24, 2.45) is 10.9 Å². The van der Waals surface area contributed by atoms with Gasteiger partial charge in [0.05, 0.1) is 6.54 Å². The molecule has 0 amide bonds. The Labute approximate surface area is 158 Å². The average Bonchev–Trinajstić information content (AvgIpc) is 2.64. The van der Waals surface area contributed by atoms with Crippen LogP contribution in [-0.2, 0) is 13.0 Å². The van der Waals surface area contributed by atoms with E-state index in [2.05, 4.69) is 54.6 Å². The number of aliphatic hydroxyl groups is 1. The van der Waals surface area contributed by atoms with Gasteiger partial charge in [-0.3, -0.25) is 0 Å². The lowest BCUT2D eigenvalue weighted by Gasteiger charge is -2.27. The van der Waals surface area contributed by atoms with Crippen molar-refractivity contribution in [3.63, 3.8) is 0 Å². The highest BCUT2D eigenvalue weighted by Gasteiger charge is 2.13. The largest absolute Gasteiger partial charge is 0.396 e. The molecule has 1 atom stereocenters. The van der Waals surface area contributed by atoms with Gasteiger partial charge in [0.15, 0.2) is 5.96 Å². The van der Waals surface area contributed by atoms with E-state index in [9.17, 15) is 5.11 Å². The number of guanidine groups is 1. The van der Waals surface area contributed by atoms with Crippen molar-refractivity contribution >= 4 is 11.6 Å². The van der Waals surface area contributed by atoms with Gasteiger partial charge in [-0.15, -0.1) is 0 Å². The fourth-order valence-electron chi connectivity index (χ4n) is 3.63. The van der Waals surface area contributed by atoms with Crippen LogP contribution in [0, 0.1) is 5.92 Å². The Balaban J connectivity index is 1.97. The van der Waals surface area contributed by atoms with Crippen LogP contribution < -0.4 is 15.5 Å². The minimum absolute atomic E-state index is 0.254. The lowest BCUT2D eigenvalue weighted by Crippen LogP contribution is -2.40. The highest BCUT2D eigenvalue weighted by molar-refractivity contribution is 5.79. The van der Waals surface area contributed by atoms with Gasteiger partial charge in [-0.1, -0.05) is 25.5 Å². The SMILES string of the molecule is CCCC(CCO)CNC(=NCc1ccc2c(c1)CCCN2C)NCC. The van der Waals surface area contributed by atoms with Crippen LogP contribution in [0.3, 0.4) is 0 Å². The van der Waals surface area contributed by atoms with Gasteiger partial charge >= 0.3 is 0 Å². The fourth-order valence-corrected chi connectivity index (χ4v) is 3.63. The Morgan fingerprint density at radius 2 is 2.12 bits per heavy atom. The molecule has 0 saturated heterocycles. The van der Waals surface area contributed by atoms with Gasteiger partial charge in [0.25, 0.3) is 0 Å². The quantitative estimate of drug-likeness (QED) is 0.468. The van der Waals surface area contributed by atoms with Gasteiger partial charge in [0, 0.05) is 39.0 Å². The second kappa shape index (κ2) is 11.1. The van der Waals surface area contributed by atoms with Crippen molar-refractivity contribution in [2.75, 3.05) is 38.2 Å². The van der Waals surface area contributed by atoms with E-state index in [-0.39, 0.29) is 6.61 Å². The number of aliphatic imine (C=N–C) groups is 1. The monoisotopic (exact) mass is 360 g/mol. The summed E-state index contributed by atoms with van der Waals surface area (Å²) in [6.07, 6.45) is 5.51. The third-order valence-corrected chi connectivity index (χ3v) is 5.05. The smallest absolute Gasteiger partial charge is 0.191 e. The van der Waals surface area contributed by atoms with Crippen LogP contribution in [0.5, 0.6) is 0 Å². The molecular weight excluding hydrogens is 324 g/mol. The van der Waals surface area contributed by atoms with Crippen molar-refractivity contribution in [2.45, 2.75) is 52.5 Å². The Kier molecular flexibility index (Phi) is 8.75. The minimum atomic E-state index is 0.254. The van der Waals surface area contributed by atoms with E-state index in [4.69, 9.17) is 4.99 Å². The number of hydrogen-bond donors (Lipinski definition) is 3. The molecule has 0 bridgehead atoms. The zero-order valence-corrected chi connectivity index (χ0v) is 16.7.